The van der Waals surface area contributed by atoms with Crippen LogP contribution in [0.15, 0.2) is 30.5 Å². The smallest absolute Gasteiger partial charge is 0.161 e. The van der Waals surface area contributed by atoms with E-state index >= 15 is 0 Å². The Labute approximate surface area is 124 Å². The van der Waals surface area contributed by atoms with Gasteiger partial charge in [0.05, 0.1) is 26.5 Å². The predicted molar refractivity (Wildman–Crippen MR) is 81.2 cm³/mol. The molecular formula is C15H22N4O2. The average Bonchev–Trinajstić information content (AvgIpc) is 2.92. The normalized spacial score (nSPS) is 12.2. The van der Waals surface area contributed by atoms with Crippen LogP contribution >= 0.6 is 0 Å². The van der Waals surface area contributed by atoms with E-state index in [0.29, 0.717) is 5.75 Å². The highest BCUT2D eigenvalue weighted by Gasteiger charge is 2.24. The van der Waals surface area contributed by atoms with Gasteiger partial charge in [-0.1, -0.05) is 25.1 Å². The molecule has 2 aromatic rings. The van der Waals surface area contributed by atoms with Crippen LogP contribution in [0, 0.1) is 0 Å². The van der Waals surface area contributed by atoms with Crippen molar-refractivity contribution in [3.05, 3.63) is 41.7 Å². The number of nitrogens with zero attached hydrogens (tertiary/aromatic N) is 2. The average molecular weight is 290 g/mol. The van der Waals surface area contributed by atoms with Gasteiger partial charge in [0.1, 0.15) is 11.4 Å². The SMILES string of the molecule is CCCn1ncc(OC)c1C(NN)c1ccccc1OC. The lowest BCUT2D eigenvalue weighted by molar-refractivity contribution is 0.387. The fourth-order valence-corrected chi connectivity index (χ4v) is 2.44. The van der Waals surface area contributed by atoms with Gasteiger partial charge in [-0.3, -0.25) is 10.5 Å². The molecule has 1 heterocycles. The van der Waals surface area contributed by atoms with Crippen LogP contribution in [0.25, 0.3) is 0 Å². The van der Waals surface area contributed by atoms with Gasteiger partial charge < -0.3 is 9.47 Å². The second-order valence-electron chi connectivity index (χ2n) is 4.66. The molecule has 0 aliphatic carbocycles. The highest BCUT2D eigenvalue weighted by Crippen LogP contribution is 2.34. The molecule has 0 radical (unpaired) electrons. The molecule has 0 saturated carbocycles. The number of rotatable bonds is 7. The summed E-state index contributed by atoms with van der Waals surface area (Å²) in [4.78, 5) is 0. The van der Waals surface area contributed by atoms with Crippen molar-refractivity contribution in [3.8, 4) is 11.5 Å². The quantitative estimate of drug-likeness (QED) is 0.601. The van der Waals surface area contributed by atoms with Gasteiger partial charge >= 0.3 is 0 Å². The molecule has 1 atom stereocenters. The first-order valence-corrected chi connectivity index (χ1v) is 6.95. The third kappa shape index (κ3) is 3.01. The van der Waals surface area contributed by atoms with Crippen molar-refractivity contribution >= 4 is 0 Å². The van der Waals surface area contributed by atoms with Gasteiger partial charge in [0, 0.05) is 12.1 Å². The Morgan fingerprint density at radius 3 is 2.57 bits per heavy atom. The number of aromatic nitrogens is 2. The third-order valence-electron chi connectivity index (χ3n) is 3.39. The molecule has 0 amide bonds. The summed E-state index contributed by atoms with van der Waals surface area (Å²) in [5.74, 6) is 7.28. The first-order valence-electron chi connectivity index (χ1n) is 6.95. The molecule has 0 aliphatic rings. The maximum atomic E-state index is 5.81. The zero-order valence-corrected chi connectivity index (χ0v) is 12.7. The van der Waals surface area contributed by atoms with E-state index in [4.69, 9.17) is 15.3 Å². The van der Waals surface area contributed by atoms with E-state index in [9.17, 15) is 0 Å². The molecule has 0 fully saturated rings. The highest BCUT2D eigenvalue weighted by molar-refractivity contribution is 5.43. The van der Waals surface area contributed by atoms with E-state index < -0.39 is 0 Å². The monoisotopic (exact) mass is 290 g/mol. The van der Waals surface area contributed by atoms with Crippen LogP contribution in [-0.4, -0.2) is 24.0 Å². The number of aryl methyl sites for hydroxylation is 1. The Balaban J connectivity index is 2.52. The zero-order valence-electron chi connectivity index (χ0n) is 12.7. The molecule has 0 saturated heterocycles. The summed E-state index contributed by atoms with van der Waals surface area (Å²) in [7, 11) is 3.28. The summed E-state index contributed by atoms with van der Waals surface area (Å²) < 4.78 is 12.8. The minimum Gasteiger partial charge on any atom is -0.496 e. The van der Waals surface area contributed by atoms with Crippen LogP contribution in [0.1, 0.15) is 30.6 Å². The molecule has 1 aromatic heterocycles. The van der Waals surface area contributed by atoms with Gasteiger partial charge in [-0.15, -0.1) is 0 Å². The molecule has 114 valence electrons. The van der Waals surface area contributed by atoms with Crippen LogP contribution in [-0.2, 0) is 6.54 Å². The van der Waals surface area contributed by atoms with Crippen molar-refractivity contribution in [2.45, 2.75) is 25.9 Å². The topological polar surface area (TPSA) is 74.3 Å². The fourth-order valence-electron chi connectivity index (χ4n) is 2.44. The molecule has 0 spiro atoms. The minimum atomic E-state index is -0.259. The zero-order chi connectivity index (χ0) is 15.2. The maximum absolute atomic E-state index is 5.81. The number of ether oxygens (including phenoxy) is 2. The fraction of sp³-hybridized carbons (Fsp3) is 0.400. The first-order chi connectivity index (χ1) is 10.3. The molecule has 1 unspecified atom stereocenters. The minimum absolute atomic E-state index is 0.259. The third-order valence-corrected chi connectivity index (χ3v) is 3.39. The Hall–Kier alpha value is -2.05. The first kappa shape index (κ1) is 15.3. The molecule has 1 aromatic carbocycles. The molecule has 6 heteroatoms. The number of methoxy groups -OCH3 is 2. The molecule has 21 heavy (non-hydrogen) atoms. The van der Waals surface area contributed by atoms with Crippen LogP contribution in [0.5, 0.6) is 11.5 Å². The second kappa shape index (κ2) is 7.10. The molecule has 0 aliphatic heterocycles. The summed E-state index contributed by atoms with van der Waals surface area (Å²) in [6.07, 6.45) is 2.69. The Kier molecular flexibility index (Phi) is 5.19. The second-order valence-corrected chi connectivity index (χ2v) is 4.66. The van der Waals surface area contributed by atoms with Crippen molar-refractivity contribution in [2.24, 2.45) is 5.84 Å². The standard InChI is InChI=1S/C15H22N4O2/c1-4-9-19-15(13(21-3)10-17-19)14(18-16)11-7-5-6-8-12(11)20-2/h5-8,10,14,18H,4,9,16H2,1-3H3. The molecule has 0 bridgehead atoms. The van der Waals surface area contributed by atoms with E-state index in [1.54, 1.807) is 20.4 Å². The van der Waals surface area contributed by atoms with Gasteiger partial charge in [0.25, 0.3) is 0 Å². The van der Waals surface area contributed by atoms with E-state index in [2.05, 4.69) is 17.4 Å². The summed E-state index contributed by atoms with van der Waals surface area (Å²) in [5.41, 5.74) is 4.69. The summed E-state index contributed by atoms with van der Waals surface area (Å²) in [6, 6.07) is 7.51. The number of hydrogen-bond donors (Lipinski definition) is 2. The number of para-hydroxylation sites is 1. The van der Waals surface area contributed by atoms with Gasteiger partial charge in [0.15, 0.2) is 5.75 Å². The Bertz CT molecular complexity index is 583. The summed E-state index contributed by atoms with van der Waals surface area (Å²) in [6.45, 7) is 2.90. The van der Waals surface area contributed by atoms with Crippen molar-refractivity contribution in [3.63, 3.8) is 0 Å². The van der Waals surface area contributed by atoms with Crippen molar-refractivity contribution in [1.82, 2.24) is 15.2 Å². The summed E-state index contributed by atoms with van der Waals surface area (Å²) >= 11 is 0. The number of nitrogens with one attached hydrogen (secondary N) is 1. The predicted octanol–water partition coefficient (Wildman–Crippen LogP) is 1.86. The van der Waals surface area contributed by atoms with Crippen molar-refractivity contribution in [1.29, 1.82) is 0 Å². The summed E-state index contributed by atoms with van der Waals surface area (Å²) in [5, 5.41) is 4.38. The van der Waals surface area contributed by atoms with E-state index in [1.165, 1.54) is 0 Å². The molecule has 2 rings (SSSR count). The van der Waals surface area contributed by atoms with Crippen molar-refractivity contribution < 1.29 is 9.47 Å². The van der Waals surface area contributed by atoms with Crippen LogP contribution in [0.2, 0.25) is 0 Å². The molecular weight excluding hydrogens is 268 g/mol. The Morgan fingerprint density at radius 1 is 1.24 bits per heavy atom. The van der Waals surface area contributed by atoms with Gasteiger partial charge in [0.2, 0.25) is 0 Å². The number of benzene rings is 1. The van der Waals surface area contributed by atoms with E-state index in [1.807, 2.05) is 28.9 Å². The van der Waals surface area contributed by atoms with E-state index in [0.717, 1.165) is 30.0 Å². The van der Waals surface area contributed by atoms with Crippen LogP contribution in [0.3, 0.4) is 0 Å². The number of hydrogen-bond acceptors (Lipinski definition) is 5. The van der Waals surface area contributed by atoms with Gasteiger partial charge in [-0.05, 0) is 12.5 Å². The molecule has 3 N–H and O–H groups in total. The lowest BCUT2D eigenvalue weighted by Gasteiger charge is -2.21. The van der Waals surface area contributed by atoms with Crippen LogP contribution in [0.4, 0.5) is 0 Å². The maximum Gasteiger partial charge on any atom is 0.161 e. The number of hydrazine groups is 1. The van der Waals surface area contributed by atoms with Crippen molar-refractivity contribution in [2.75, 3.05) is 14.2 Å². The highest BCUT2D eigenvalue weighted by atomic mass is 16.5. The lowest BCUT2D eigenvalue weighted by Crippen LogP contribution is -2.31. The lowest BCUT2D eigenvalue weighted by atomic mass is 10.0. The van der Waals surface area contributed by atoms with E-state index in [-0.39, 0.29) is 6.04 Å². The largest absolute Gasteiger partial charge is 0.496 e. The number of nitrogens with two attached hydrogens (primary N) is 1. The molecule has 6 nitrogen and oxygen atoms in total. The van der Waals surface area contributed by atoms with Crippen LogP contribution < -0.4 is 20.7 Å². The van der Waals surface area contributed by atoms with Gasteiger partial charge in [-0.2, -0.15) is 5.10 Å². The van der Waals surface area contributed by atoms with Gasteiger partial charge in [-0.25, -0.2) is 5.43 Å². The Morgan fingerprint density at radius 2 is 1.95 bits per heavy atom.